The fraction of sp³-hybridized carbons (Fsp3) is 0.133. The Bertz CT molecular complexity index is 3670. The molecule has 3 heterocycles. The molecule has 0 fully saturated rings. The maximum Gasteiger partial charge on any atom is 0.197 e. The standard InChI is InChI=1S/C60H48N6/c1-59(2,3)40-32-34-50-45(36-40)42-24-14-16-28-48(42)65(50)52-30-18-26-44(58-63-56(38-20-10-8-11-21-38)62-57(64-58)39-22-12-9-13-23-39)54(52)55-47(61-7)27-19-31-53(55)66-49-29-17-15-25-43(49)46-37-41(60(4,5)6)33-35-51(46)66/h8-37H,1-6H3. The van der Waals surface area contributed by atoms with Crippen molar-refractivity contribution in [2.24, 2.45) is 0 Å². The Hall–Kier alpha value is -8.14. The summed E-state index contributed by atoms with van der Waals surface area (Å²) >= 11 is 0. The third-order valence-electron chi connectivity index (χ3n) is 12.9. The van der Waals surface area contributed by atoms with Gasteiger partial charge in [-0.1, -0.05) is 175 Å². The summed E-state index contributed by atoms with van der Waals surface area (Å²) in [6.07, 6.45) is 0. The van der Waals surface area contributed by atoms with Gasteiger partial charge in [0.15, 0.2) is 23.2 Å². The second-order valence-electron chi connectivity index (χ2n) is 19.2. The van der Waals surface area contributed by atoms with E-state index in [0.717, 1.165) is 72.0 Å². The zero-order chi connectivity index (χ0) is 45.3. The summed E-state index contributed by atoms with van der Waals surface area (Å²) in [6, 6.07) is 63.7. The Balaban J connectivity index is 1.30. The van der Waals surface area contributed by atoms with Gasteiger partial charge >= 0.3 is 0 Å². The molecule has 8 aromatic carbocycles. The third-order valence-corrected chi connectivity index (χ3v) is 12.9. The van der Waals surface area contributed by atoms with Crippen molar-refractivity contribution in [1.29, 1.82) is 0 Å². The van der Waals surface area contributed by atoms with Gasteiger partial charge in [0, 0.05) is 55.0 Å². The summed E-state index contributed by atoms with van der Waals surface area (Å²) in [4.78, 5) is 20.1. The second-order valence-corrected chi connectivity index (χ2v) is 19.2. The van der Waals surface area contributed by atoms with Crippen molar-refractivity contribution in [2.75, 3.05) is 0 Å². The molecule has 0 unspecified atom stereocenters. The molecule has 6 heteroatoms. The van der Waals surface area contributed by atoms with Crippen LogP contribution in [0.1, 0.15) is 52.7 Å². The third kappa shape index (κ3) is 6.75. The van der Waals surface area contributed by atoms with Crippen LogP contribution < -0.4 is 0 Å². The van der Waals surface area contributed by atoms with Crippen LogP contribution in [-0.4, -0.2) is 24.1 Å². The molecule has 0 bridgehead atoms. The van der Waals surface area contributed by atoms with E-state index >= 15 is 0 Å². The number of nitrogens with zero attached hydrogens (tertiary/aromatic N) is 6. The molecule has 0 saturated carbocycles. The van der Waals surface area contributed by atoms with E-state index in [1.165, 1.54) is 21.9 Å². The fourth-order valence-electron chi connectivity index (χ4n) is 9.57. The van der Waals surface area contributed by atoms with Crippen LogP contribution in [0.25, 0.3) is 105 Å². The van der Waals surface area contributed by atoms with E-state index in [1.54, 1.807) is 0 Å². The number of fused-ring (bicyclic) bond motifs is 6. The fourth-order valence-corrected chi connectivity index (χ4v) is 9.57. The van der Waals surface area contributed by atoms with Crippen LogP contribution in [0.4, 0.5) is 5.69 Å². The van der Waals surface area contributed by atoms with E-state index in [4.69, 9.17) is 21.5 Å². The lowest BCUT2D eigenvalue weighted by Gasteiger charge is -2.23. The van der Waals surface area contributed by atoms with Crippen molar-refractivity contribution in [3.8, 4) is 56.7 Å². The first-order valence-corrected chi connectivity index (χ1v) is 22.6. The summed E-state index contributed by atoms with van der Waals surface area (Å²) < 4.78 is 4.72. The highest BCUT2D eigenvalue weighted by Crippen LogP contribution is 2.48. The van der Waals surface area contributed by atoms with Gasteiger partial charge in [0.05, 0.1) is 34.3 Å². The molecule has 0 atom stereocenters. The molecule has 66 heavy (non-hydrogen) atoms. The van der Waals surface area contributed by atoms with E-state index < -0.39 is 0 Å². The van der Waals surface area contributed by atoms with Crippen LogP contribution in [0, 0.1) is 6.57 Å². The predicted molar refractivity (Wildman–Crippen MR) is 274 cm³/mol. The van der Waals surface area contributed by atoms with Crippen LogP contribution >= 0.6 is 0 Å². The van der Waals surface area contributed by atoms with Gasteiger partial charge in [0.1, 0.15) is 0 Å². The van der Waals surface area contributed by atoms with Gasteiger partial charge in [-0.3, -0.25) is 0 Å². The Labute approximate surface area is 385 Å². The van der Waals surface area contributed by atoms with E-state index in [1.807, 2.05) is 72.8 Å². The maximum atomic E-state index is 8.90. The predicted octanol–water partition coefficient (Wildman–Crippen LogP) is 15.9. The summed E-state index contributed by atoms with van der Waals surface area (Å²) in [5.41, 5.74) is 13.2. The molecular weight excluding hydrogens is 805 g/mol. The monoisotopic (exact) mass is 852 g/mol. The average Bonchev–Trinajstić information content (AvgIpc) is 3.85. The number of rotatable bonds is 6. The van der Waals surface area contributed by atoms with Crippen LogP contribution in [0.3, 0.4) is 0 Å². The normalized spacial score (nSPS) is 12.1. The number of hydrogen-bond donors (Lipinski definition) is 0. The van der Waals surface area contributed by atoms with Crippen LogP contribution in [-0.2, 0) is 10.8 Å². The van der Waals surface area contributed by atoms with Gasteiger partial charge in [-0.25, -0.2) is 19.8 Å². The average molecular weight is 853 g/mol. The number of hydrogen-bond acceptors (Lipinski definition) is 3. The molecule has 11 aromatic rings. The van der Waals surface area contributed by atoms with Crippen molar-refractivity contribution in [1.82, 2.24) is 24.1 Å². The zero-order valence-corrected chi connectivity index (χ0v) is 38.0. The maximum absolute atomic E-state index is 8.90. The quantitative estimate of drug-likeness (QED) is 0.157. The van der Waals surface area contributed by atoms with Crippen LogP contribution in [0.5, 0.6) is 0 Å². The smallest absolute Gasteiger partial charge is 0.197 e. The Kier molecular flexibility index (Phi) is 9.56. The van der Waals surface area contributed by atoms with E-state index in [0.29, 0.717) is 23.2 Å². The highest BCUT2D eigenvalue weighted by Gasteiger charge is 2.28. The number of para-hydroxylation sites is 2. The largest absolute Gasteiger partial charge is 0.310 e. The summed E-state index contributed by atoms with van der Waals surface area (Å²) in [6.45, 7) is 22.5. The summed E-state index contributed by atoms with van der Waals surface area (Å²) in [5.74, 6) is 1.65. The van der Waals surface area contributed by atoms with E-state index in [9.17, 15) is 0 Å². The highest BCUT2D eigenvalue weighted by molar-refractivity contribution is 6.13. The van der Waals surface area contributed by atoms with Crippen molar-refractivity contribution in [3.63, 3.8) is 0 Å². The van der Waals surface area contributed by atoms with Gasteiger partial charge in [-0.05, 0) is 70.5 Å². The van der Waals surface area contributed by atoms with Gasteiger partial charge < -0.3 is 9.13 Å². The van der Waals surface area contributed by atoms with Gasteiger partial charge in [0.2, 0.25) is 0 Å². The van der Waals surface area contributed by atoms with Gasteiger partial charge in [-0.15, -0.1) is 0 Å². The van der Waals surface area contributed by atoms with Crippen molar-refractivity contribution in [3.05, 3.63) is 205 Å². The number of aromatic nitrogens is 5. The minimum absolute atomic E-state index is 0.0435. The molecule has 318 valence electrons. The second kappa shape index (κ2) is 15.5. The zero-order valence-electron chi connectivity index (χ0n) is 38.0. The first-order chi connectivity index (χ1) is 32.0. The first kappa shape index (κ1) is 40.6. The lowest BCUT2D eigenvalue weighted by molar-refractivity contribution is 0.591. The molecule has 0 amide bonds. The minimum Gasteiger partial charge on any atom is -0.310 e. The Morgan fingerprint density at radius 3 is 1.30 bits per heavy atom. The number of benzene rings is 8. The topological polar surface area (TPSA) is 52.9 Å². The molecule has 3 aromatic heterocycles. The molecule has 0 aliphatic carbocycles. The van der Waals surface area contributed by atoms with E-state index in [-0.39, 0.29) is 10.8 Å². The minimum atomic E-state index is -0.0481. The molecule has 0 saturated heterocycles. The Morgan fingerprint density at radius 1 is 0.394 bits per heavy atom. The molecule has 11 rings (SSSR count). The molecule has 6 nitrogen and oxygen atoms in total. The summed E-state index contributed by atoms with van der Waals surface area (Å²) in [7, 11) is 0. The SMILES string of the molecule is [C-]#[N+]c1cccc(-n2c3ccccc3c3cc(C(C)(C)C)ccc32)c1-c1c(-c2nc(-c3ccccc3)nc(-c3ccccc3)n2)cccc1-n1c2ccccc2c2cc(C(C)(C)C)ccc21. The molecule has 0 radical (unpaired) electrons. The molecule has 0 N–H and O–H groups in total. The Morgan fingerprint density at radius 2 is 0.818 bits per heavy atom. The molecule has 0 spiro atoms. The molecular formula is C60H48N6. The molecule has 0 aliphatic heterocycles. The highest BCUT2D eigenvalue weighted by atomic mass is 15.0. The lowest BCUT2D eigenvalue weighted by Crippen LogP contribution is -2.10. The van der Waals surface area contributed by atoms with Crippen LogP contribution in [0.15, 0.2) is 182 Å². The van der Waals surface area contributed by atoms with Crippen molar-refractivity contribution in [2.45, 2.75) is 52.4 Å². The summed E-state index contributed by atoms with van der Waals surface area (Å²) in [5, 5.41) is 4.65. The first-order valence-electron chi connectivity index (χ1n) is 22.6. The van der Waals surface area contributed by atoms with Gasteiger partial charge in [0.25, 0.3) is 0 Å². The van der Waals surface area contributed by atoms with Crippen molar-refractivity contribution < 1.29 is 0 Å². The van der Waals surface area contributed by atoms with E-state index in [2.05, 4.69) is 165 Å². The van der Waals surface area contributed by atoms with Gasteiger partial charge in [-0.2, -0.15) is 0 Å². The van der Waals surface area contributed by atoms with Crippen LogP contribution in [0.2, 0.25) is 0 Å². The lowest BCUT2D eigenvalue weighted by atomic mass is 9.86. The van der Waals surface area contributed by atoms with Crippen molar-refractivity contribution >= 4 is 49.3 Å². The molecule has 0 aliphatic rings.